The first-order chi connectivity index (χ1) is 12.9. The Morgan fingerprint density at radius 3 is 2.89 bits per heavy atom. The Hall–Kier alpha value is -2.23. The summed E-state index contributed by atoms with van der Waals surface area (Å²) in [4.78, 5) is 30.0. The predicted molar refractivity (Wildman–Crippen MR) is 102 cm³/mol. The molecular weight excluding hydrogens is 367 g/mol. The van der Waals surface area contributed by atoms with Crippen molar-refractivity contribution >= 4 is 35.8 Å². The number of nitrogens with one attached hydrogen (secondary N) is 1. The summed E-state index contributed by atoms with van der Waals surface area (Å²) in [6.07, 6.45) is 1.64. The predicted octanol–water partition coefficient (Wildman–Crippen LogP) is 1.17. The first-order valence-electron chi connectivity index (χ1n) is 8.65. The van der Waals surface area contributed by atoms with Crippen LogP contribution in [0.15, 0.2) is 23.8 Å². The second-order valence-electron chi connectivity index (χ2n) is 6.74. The number of carbonyl (C=O) groups excluding carboxylic acids is 2. The fraction of sp³-hybridized carbons (Fsp3) is 0.389. The summed E-state index contributed by atoms with van der Waals surface area (Å²) >= 11 is 1.40. The average molecular weight is 388 g/mol. The minimum atomic E-state index is -1.03. The summed E-state index contributed by atoms with van der Waals surface area (Å²) < 4.78 is 10.5. The molecule has 0 radical (unpaired) electrons. The number of thiazole rings is 1. The van der Waals surface area contributed by atoms with Crippen molar-refractivity contribution in [2.24, 2.45) is 5.92 Å². The number of aromatic nitrogens is 1. The fourth-order valence-corrected chi connectivity index (χ4v) is 3.52. The third-order valence-electron chi connectivity index (χ3n) is 4.54. The molecule has 1 amide bonds. The average Bonchev–Trinajstić information content (AvgIpc) is 3.27. The van der Waals surface area contributed by atoms with Crippen LogP contribution in [0.3, 0.4) is 0 Å². The Morgan fingerprint density at radius 2 is 2.22 bits per heavy atom. The van der Waals surface area contributed by atoms with Gasteiger partial charge in [0.25, 0.3) is 5.91 Å². The van der Waals surface area contributed by atoms with Crippen LogP contribution in [0.4, 0.5) is 0 Å². The van der Waals surface area contributed by atoms with Gasteiger partial charge in [-0.15, -0.1) is 11.3 Å². The molecule has 3 rings (SSSR count). The van der Waals surface area contributed by atoms with Gasteiger partial charge >= 0.3 is 13.1 Å². The summed E-state index contributed by atoms with van der Waals surface area (Å²) in [7, 11) is -1.03. The van der Waals surface area contributed by atoms with Crippen molar-refractivity contribution in [2.45, 2.75) is 40.0 Å². The molecule has 1 aromatic carbocycles. The van der Waals surface area contributed by atoms with Crippen molar-refractivity contribution in [1.82, 2.24) is 10.3 Å². The van der Waals surface area contributed by atoms with Crippen molar-refractivity contribution in [2.75, 3.05) is 0 Å². The lowest BCUT2D eigenvalue weighted by Gasteiger charge is -2.21. The summed E-state index contributed by atoms with van der Waals surface area (Å²) in [6, 6.07) is 2.67. The number of esters is 1. The van der Waals surface area contributed by atoms with E-state index < -0.39 is 19.1 Å². The van der Waals surface area contributed by atoms with E-state index in [1.54, 1.807) is 30.8 Å². The second-order valence-corrected chi connectivity index (χ2v) is 7.72. The molecule has 1 aromatic heterocycles. The number of rotatable bonds is 6. The number of benzene rings is 1. The smallest absolute Gasteiger partial charge is 0.458 e. The fourth-order valence-electron chi connectivity index (χ4n) is 3.01. The third-order valence-corrected chi connectivity index (χ3v) is 5.29. The van der Waals surface area contributed by atoms with Crippen LogP contribution in [-0.2, 0) is 27.4 Å². The molecule has 0 bridgehead atoms. The summed E-state index contributed by atoms with van der Waals surface area (Å²) in [5.41, 5.74) is 4.20. The van der Waals surface area contributed by atoms with Gasteiger partial charge in [-0.2, -0.15) is 0 Å². The topological polar surface area (TPSA) is 97.8 Å². The number of fused-ring (bicyclic) bond motifs is 1. The Balaban J connectivity index is 1.72. The van der Waals surface area contributed by atoms with Crippen LogP contribution in [0.5, 0.6) is 0 Å². The quantitative estimate of drug-likeness (QED) is 0.570. The van der Waals surface area contributed by atoms with Gasteiger partial charge in [-0.1, -0.05) is 19.9 Å². The van der Waals surface area contributed by atoms with E-state index in [0.29, 0.717) is 23.2 Å². The second kappa shape index (κ2) is 8.20. The van der Waals surface area contributed by atoms with Crippen LogP contribution in [0.25, 0.3) is 0 Å². The monoisotopic (exact) mass is 388 g/mol. The molecule has 27 heavy (non-hydrogen) atoms. The maximum atomic E-state index is 12.8. The highest BCUT2D eigenvalue weighted by Crippen LogP contribution is 2.17. The molecule has 0 saturated carbocycles. The summed E-state index contributed by atoms with van der Waals surface area (Å²) in [5, 5.41) is 12.7. The Bertz CT molecular complexity index is 841. The van der Waals surface area contributed by atoms with Crippen LogP contribution >= 0.6 is 11.3 Å². The van der Waals surface area contributed by atoms with Gasteiger partial charge in [-0.25, -0.2) is 4.79 Å². The molecule has 9 heteroatoms. The van der Waals surface area contributed by atoms with Crippen molar-refractivity contribution < 1.29 is 24.0 Å². The largest absolute Gasteiger partial charge is 0.492 e. The normalized spacial score (nSPS) is 14.2. The summed E-state index contributed by atoms with van der Waals surface area (Å²) in [6.45, 7) is 5.89. The molecule has 7 nitrogen and oxygen atoms in total. The molecule has 1 aliphatic heterocycles. The Kier molecular flexibility index (Phi) is 5.93. The number of hydrogen-bond acceptors (Lipinski definition) is 7. The van der Waals surface area contributed by atoms with Crippen molar-refractivity contribution in [1.29, 1.82) is 0 Å². The van der Waals surface area contributed by atoms with Crippen LogP contribution in [0.2, 0.25) is 0 Å². The zero-order chi connectivity index (χ0) is 19.6. The number of nitrogens with zero attached hydrogens (tertiary/aromatic N) is 1. The van der Waals surface area contributed by atoms with Crippen LogP contribution in [0, 0.1) is 12.8 Å². The van der Waals surface area contributed by atoms with Gasteiger partial charge in [0.1, 0.15) is 12.6 Å². The molecular formula is C18H21BN2O5S. The molecule has 2 N–H and O–H groups in total. The van der Waals surface area contributed by atoms with Crippen LogP contribution < -0.4 is 10.8 Å². The minimum Gasteiger partial charge on any atom is -0.458 e. The van der Waals surface area contributed by atoms with Gasteiger partial charge in [0, 0.05) is 11.8 Å². The highest BCUT2D eigenvalue weighted by molar-refractivity contribution is 7.09. The van der Waals surface area contributed by atoms with E-state index in [2.05, 4.69) is 10.3 Å². The standard InChI is InChI=1S/C18H21BN2O5S/c1-10(2)16(18(23)25-8-13-6-20-9-27-13)21-17(22)14-5-4-12-7-26-19(24)15(12)11(14)3/h4-6,9-10,16,24H,7-8H2,1-3H3,(H,21,22)/t16-/m0/s1. The first-order valence-corrected chi connectivity index (χ1v) is 9.53. The zero-order valence-corrected chi connectivity index (χ0v) is 16.2. The van der Waals surface area contributed by atoms with E-state index in [9.17, 15) is 14.6 Å². The lowest BCUT2D eigenvalue weighted by atomic mass is 9.75. The zero-order valence-electron chi connectivity index (χ0n) is 15.4. The van der Waals surface area contributed by atoms with Gasteiger partial charge in [0.05, 0.1) is 17.0 Å². The molecule has 0 aliphatic carbocycles. The number of amides is 1. The number of carbonyl (C=O) groups is 2. The van der Waals surface area contributed by atoms with E-state index in [4.69, 9.17) is 9.39 Å². The lowest BCUT2D eigenvalue weighted by molar-refractivity contribution is -0.148. The maximum absolute atomic E-state index is 12.8. The lowest BCUT2D eigenvalue weighted by Crippen LogP contribution is -2.46. The van der Waals surface area contributed by atoms with Gasteiger partial charge in [0.2, 0.25) is 0 Å². The minimum absolute atomic E-state index is 0.129. The SMILES string of the molecule is Cc1c(C(=O)N[C@H](C(=O)OCc2cncs2)C(C)C)ccc2c1B(O)OC2. The Morgan fingerprint density at radius 1 is 1.44 bits per heavy atom. The maximum Gasteiger partial charge on any atom is 0.492 e. The summed E-state index contributed by atoms with van der Waals surface area (Å²) in [5.74, 6) is -1.02. The molecule has 0 spiro atoms. The van der Waals surface area contributed by atoms with Crippen molar-refractivity contribution in [3.63, 3.8) is 0 Å². The van der Waals surface area contributed by atoms with Crippen LogP contribution in [-0.4, -0.2) is 35.0 Å². The first kappa shape index (κ1) is 19.5. The van der Waals surface area contributed by atoms with Gasteiger partial charge < -0.3 is 19.7 Å². The number of ether oxygens (including phenoxy) is 1. The van der Waals surface area contributed by atoms with Crippen molar-refractivity contribution in [3.05, 3.63) is 45.4 Å². The molecule has 0 saturated heterocycles. The molecule has 2 aromatic rings. The van der Waals surface area contributed by atoms with E-state index in [1.165, 1.54) is 11.3 Å². The third kappa shape index (κ3) is 4.21. The molecule has 2 heterocycles. The van der Waals surface area contributed by atoms with E-state index in [0.717, 1.165) is 10.4 Å². The van der Waals surface area contributed by atoms with Crippen LogP contribution in [0.1, 0.15) is 40.2 Å². The molecule has 1 atom stereocenters. The highest BCUT2D eigenvalue weighted by Gasteiger charge is 2.32. The molecule has 0 unspecified atom stereocenters. The van der Waals surface area contributed by atoms with Gasteiger partial charge in [-0.3, -0.25) is 9.78 Å². The highest BCUT2D eigenvalue weighted by atomic mass is 32.1. The van der Waals surface area contributed by atoms with Gasteiger partial charge in [0.15, 0.2) is 0 Å². The number of hydrogen-bond donors (Lipinski definition) is 2. The molecule has 0 fully saturated rings. The Labute approximate surface area is 161 Å². The van der Waals surface area contributed by atoms with Gasteiger partial charge in [-0.05, 0) is 35.5 Å². The van der Waals surface area contributed by atoms with E-state index in [-0.39, 0.29) is 18.4 Å². The molecule has 142 valence electrons. The van der Waals surface area contributed by atoms with E-state index >= 15 is 0 Å². The van der Waals surface area contributed by atoms with Crippen molar-refractivity contribution in [3.8, 4) is 0 Å². The molecule has 1 aliphatic rings. The van der Waals surface area contributed by atoms with E-state index in [1.807, 2.05) is 13.8 Å².